The number of hydrogen-bond acceptors (Lipinski definition) is 3. The molecule has 1 aromatic heterocycles. The molecule has 0 saturated heterocycles. The lowest BCUT2D eigenvalue weighted by molar-refractivity contribution is 0.0986. The van der Waals surface area contributed by atoms with Gasteiger partial charge in [0.2, 0.25) is 0 Å². The lowest BCUT2D eigenvalue weighted by Crippen LogP contribution is -2.37. The van der Waals surface area contributed by atoms with Gasteiger partial charge in [-0.25, -0.2) is 0 Å². The summed E-state index contributed by atoms with van der Waals surface area (Å²) < 4.78 is 0. The number of pyridine rings is 1. The average Bonchev–Trinajstić information content (AvgIpc) is 2.69. The zero-order chi connectivity index (χ0) is 13.9. The lowest BCUT2D eigenvalue weighted by Gasteiger charge is -2.22. The summed E-state index contributed by atoms with van der Waals surface area (Å²) in [5.74, 6) is -0.261. The Labute approximate surface area is 116 Å². The Balaban J connectivity index is 2.04. The molecule has 20 heavy (non-hydrogen) atoms. The van der Waals surface area contributed by atoms with Gasteiger partial charge >= 0.3 is 0 Å². The van der Waals surface area contributed by atoms with E-state index >= 15 is 0 Å². The molecule has 2 heterocycles. The van der Waals surface area contributed by atoms with Crippen molar-refractivity contribution in [3.8, 4) is 0 Å². The van der Waals surface area contributed by atoms with Gasteiger partial charge in [-0.3, -0.25) is 9.59 Å². The molecule has 1 aliphatic rings. The summed E-state index contributed by atoms with van der Waals surface area (Å²) in [6.07, 6.45) is 1.52. The molecule has 0 atom stereocenters. The minimum absolute atomic E-state index is 0.171. The van der Waals surface area contributed by atoms with Crippen LogP contribution in [0.25, 0.3) is 0 Å². The van der Waals surface area contributed by atoms with Crippen LogP contribution < -0.4 is 15.8 Å². The van der Waals surface area contributed by atoms with Crippen LogP contribution in [0.3, 0.4) is 0 Å². The number of aromatic amines is 1. The summed E-state index contributed by atoms with van der Waals surface area (Å²) in [5.41, 5.74) is 1.74. The van der Waals surface area contributed by atoms with Crippen molar-refractivity contribution in [2.75, 3.05) is 18.0 Å². The Bertz CT molecular complexity index is 693. The zero-order valence-corrected chi connectivity index (χ0v) is 10.9. The highest BCUT2D eigenvalue weighted by Gasteiger charge is 2.23. The maximum absolute atomic E-state index is 12.6. The van der Waals surface area contributed by atoms with Gasteiger partial charge in [0.15, 0.2) is 0 Å². The van der Waals surface area contributed by atoms with Crippen molar-refractivity contribution in [2.24, 2.45) is 0 Å². The molecule has 0 spiro atoms. The third kappa shape index (κ3) is 2.23. The van der Waals surface area contributed by atoms with Crippen LogP contribution >= 0.6 is 0 Å². The Morgan fingerprint density at radius 2 is 2.00 bits per heavy atom. The van der Waals surface area contributed by atoms with Gasteiger partial charge in [-0.2, -0.15) is 0 Å². The number of carbonyl (C=O) groups is 1. The lowest BCUT2D eigenvalue weighted by atomic mass is 10.1. The van der Waals surface area contributed by atoms with E-state index in [0.717, 1.165) is 17.8 Å². The molecular formula is C15H15N3O2. The van der Waals surface area contributed by atoms with Crippen LogP contribution in [0.15, 0.2) is 47.4 Å². The number of carbonyl (C=O) groups excluding carboxylic acids is 1. The molecule has 2 N–H and O–H groups in total. The minimum Gasteiger partial charge on any atom is -0.328 e. The van der Waals surface area contributed by atoms with E-state index in [1.165, 1.54) is 6.20 Å². The summed E-state index contributed by atoms with van der Waals surface area (Å²) in [4.78, 5) is 28.6. The molecule has 1 aromatic carbocycles. The fraction of sp³-hybridized carbons (Fsp3) is 0.200. The van der Waals surface area contributed by atoms with Gasteiger partial charge in [0, 0.05) is 31.5 Å². The number of aromatic nitrogens is 1. The molecule has 0 saturated carbocycles. The van der Waals surface area contributed by atoms with Gasteiger partial charge in [0.1, 0.15) is 5.56 Å². The largest absolute Gasteiger partial charge is 0.328 e. The molecule has 0 bridgehead atoms. The highest BCUT2D eigenvalue weighted by molar-refractivity contribution is 6.06. The van der Waals surface area contributed by atoms with Crippen molar-refractivity contribution in [1.82, 2.24) is 10.3 Å². The Morgan fingerprint density at radius 3 is 2.85 bits per heavy atom. The molecule has 2 aromatic rings. The number of para-hydroxylation sites is 1. The monoisotopic (exact) mass is 269 g/mol. The number of amides is 1. The number of fused-ring (bicyclic) bond motifs is 1. The van der Waals surface area contributed by atoms with E-state index < -0.39 is 0 Å². The maximum atomic E-state index is 12.6. The van der Waals surface area contributed by atoms with Crippen LogP contribution in [0.1, 0.15) is 15.9 Å². The van der Waals surface area contributed by atoms with Crippen molar-refractivity contribution < 1.29 is 4.79 Å². The Morgan fingerprint density at radius 1 is 1.15 bits per heavy atom. The fourth-order valence-corrected chi connectivity index (χ4v) is 2.40. The fourth-order valence-electron chi connectivity index (χ4n) is 2.40. The van der Waals surface area contributed by atoms with Crippen LogP contribution in [0.2, 0.25) is 0 Å². The number of rotatable bonds is 1. The SMILES string of the molecule is O=C(c1ccc[nH]c1=O)N1CCNCc2ccccc21. The highest BCUT2D eigenvalue weighted by atomic mass is 16.2. The van der Waals surface area contributed by atoms with Crippen molar-refractivity contribution in [3.05, 3.63) is 64.1 Å². The number of nitrogens with one attached hydrogen (secondary N) is 2. The van der Waals surface area contributed by atoms with E-state index in [1.54, 1.807) is 17.0 Å². The molecule has 1 aliphatic heterocycles. The second-order valence-corrected chi connectivity index (χ2v) is 4.68. The van der Waals surface area contributed by atoms with Crippen molar-refractivity contribution in [3.63, 3.8) is 0 Å². The smallest absolute Gasteiger partial charge is 0.263 e. The highest BCUT2D eigenvalue weighted by Crippen LogP contribution is 2.23. The average molecular weight is 269 g/mol. The van der Waals surface area contributed by atoms with Gasteiger partial charge in [-0.1, -0.05) is 18.2 Å². The first kappa shape index (κ1) is 12.6. The van der Waals surface area contributed by atoms with Crippen molar-refractivity contribution in [1.29, 1.82) is 0 Å². The third-order valence-electron chi connectivity index (χ3n) is 3.40. The first-order chi connectivity index (χ1) is 9.77. The van der Waals surface area contributed by atoms with E-state index in [1.807, 2.05) is 24.3 Å². The molecular weight excluding hydrogens is 254 g/mol. The molecule has 5 heteroatoms. The summed E-state index contributed by atoms with van der Waals surface area (Å²) in [5, 5.41) is 3.27. The number of H-pyrrole nitrogens is 1. The van der Waals surface area contributed by atoms with Gasteiger partial charge in [0.05, 0.1) is 0 Å². The van der Waals surface area contributed by atoms with Crippen LogP contribution in [0.5, 0.6) is 0 Å². The molecule has 0 fully saturated rings. The molecule has 1 amide bonds. The van der Waals surface area contributed by atoms with Gasteiger partial charge in [-0.15, -0.1) is 0 Å². The summed E-state index contributed by atoms with van der Waals surface area (Å²) in [7, 11) is 0. The van der Waals surface area contributed by atoms with Gasteiger partial charge < -0.3 is 15.2 Å². The van der Waals surface area contributed by atoms with E-state index in [0.29, 0.717) is 13.1 Å². The van der Waals surface area contributed by atoms with Crippen LogP contribution in [0, 0.1) is 0 Å². The predicted octanol–water partition coefficient (Wildman–Crippen LogP) is 1.12. The molecule has 0 aliphatic carbocycles. The van der Waals surface area contributed by atoms with Crippen LogP contribution in [-0.2, 0) is 6.54 Å². The van der Waals surface area contributed by atoms with Crippen LogP contribution in [-0.4, -0.2) is 24.0 Å². The Hall–Kier alpha value is -2.40. The summed E-state index contributed by atoms with van der Waals surface area (Å²) >= 11 is 0. The first-order valence-corrected chi connectivity index (χ1v) is 6.55. The quantitative estimate of drug-likeness (QED) is 0.815. The maximum Gasteiger partial charge on any atom is 0.263 e. The van der Waals surface area contributed by atoms with E-state index in [4.69, 9.17) is 0 Å². The Kier molecular flexibility index (Phi) is 3.35. The van der Waals surface area contributed by atoms with E-state index in [-0.39, 0.29) is 17.0 Å². The topological polar surface area (TPSA) is 65.2 Å². The van der Waals surface area contributed by atoms with E-state index in [2.05, 4.69) is 10.3 Å². The van der Waals surface area contributed by atoms with E-state index in [9.17, 15) is 9.59 Å². The number of anilines is 1. The molecule has 5 nitrogen and oxygen atoms in total. The summed E-state index contributed by atoms with van der Waals surface area (Å²) in [6.45, 7) is 1.97. The molecule has 0 radical (unpaired) electrons. The van der Waals surface area contributed by atoms with Crippen molar-refractivity contribution in [2.45, 2.75) is 6.54 Å². The van der Waals surface area contributed by atoms with Crippen LogP contribution in [0.4, 0.5) is 5.69 Å². The van der Waals surface area contributed by atoms with Gasteiger partial charge in [0.25, 0.3) is 11.5 Å². The second-order valence-electron chi connectivity index (χ2n) is 4.68. The molecule has 0 unspecified atom stereocenters. The van der Waals surface area contributed by atoms with Crippen molar-refractivity contribution >= 4 is 11.6 Å². The molecule has 102 valence electrons. The first-order valence-electron chi connectivity index (χ1n) is 6.55. The number of hydrogen-bond donors (Lipinski definition) is 2. The predicted molar refractivity (Wildman–Crippen MR) is 76.9 cm³/mol. The number of nitrogens with zero attached hydrogens (tertiary/aromatic N) is 1. The summed E-state index contributed by atoms with van der Waals surface area (Å²) in [6, 6.07) is 11.0. The van der Waals surface area contributed by atoms with Gasteiger partial charge in [-0.05, 0) is 23.8 Å². The minimum atomic E-state index is -0.354. The standard InChI is InChI=1S/C15H15N3O2/c19-14-12(5-3-7-17-14)15(20)18-9-8-16-10-11-4-1-2-6-13(11)18/h1-7,16H,8-10H2,(H,17,19). The molecule has 3 rings (SSSR count). The zero-order valence-electron chi connectivity index (χ0n) is 10.9. The number of benzene rings is 1. The second kappa shape index (κ2) is 5.30. The normalized spacial score (nSPS) is 14.5. The third-order valence-corrected chi connectivity index (χ3v) is 3.40.